The number of fused-ring (bicyclic) bond motifs is 2. The van der Waals surface area contributed by atoms with E-state index in [-0.39, 0.29) is 11.9 Å². The smallest absolute Gasteiger partial charge is 0.328 e. The Kier molecular flexibility index (Phi) is 6.72. The second-order valence-corrected chi connectivity index (χ2v) is 11.8. The second kappa shape index (κ2) is 11.2. The van der Waals surface area contributed by atoms with Gasteiger partial charge in [-0.25, -0.2) is 4.79 Å². The van der Waals surface area contributed by atoms with Crippen LogP contribution in [0.5, 0.6) is 0 Å². The molecule has 46 heavy (non-hydrogen) atoms. The van der Waals surface area contributed by atoms with E-state index in [9.17, 15) is 4.79 Å². The number of allylic oxidation sites excluding steroid dienone is 1. The number of nitrogens with zero attached hydrogens (tertiary/aromatic N) is 3. The number of benzene rings is 6. The number of aromatic nitrogens is 2. The van der Waals surface area contributed by atoms with Gasteiger partial charge >= 0.3 is 5.69 Å². The zero-order valence-corrected chi connectivity index (χ0v) is 25.7. The Labute approximate surface area is 267 Å². The number of hydrogen-bond donors (Lipinski definition) is 1. The van der Waals surface area contributed by atoms with Crippen LogP contribution in [0, 0.1) is 0 Å². The molecule has 1 aromatic heterocycles. The summed E-state index contributed by atoms with van der Waals surface area (Å²) in [4.78, 5) is 17.8. The van der Waals surface area contributed by atoms with Crippen LogP contribution in [-0.2, 0) is 14.1 Å². The third kappa shape index (κ3) is 4.83. The van der Waals surface area contributed by atoms with E-state index in [2.05, 4.69) is 139 Å². The van der Waals surface area contributed by atoms with Crippen molar-refractivity contribution >= 4 is 33.2 Å². The Morgan fingerprint density at radius 1 is 0.565 bits per heavy atom. The van der Waals surface area contributed by atoms with Gasteiger partial charge in [0.15, 0.2) is 0 Å². The molecule has 222 valence electrons. The molecule has 0 radical (unpaired) electrons. The highest BCUT2D eigenvalue weighted by Crippen LogP contribution is 2.33. The van der Waals surface area contributed by atoms with E-state index in [1.165, 1.54) is 10.8 Å². The van der Waals surface area contributed by atoms with Gasteiger partial charge in [-0.1, -0.05) is 115 Å². The van der Waals surface area contributed by atoms with E-state index in [1.807, 2.05) is 26.2 Å². The van der Waals surface area contributed by atoms with Crippen molar-refractivity contribution in [3.8, 4) is 22.3 Å². The molecular formula is C41H32N4O. The van der Waals surface area contributed by atoms with Crippen LogP contribution in [0.25, 0.3) is 49.8 Å². The van der Waals surface area contributed by atoms with E-state index < -0.39 is 0 Å². The molecule has 1 aliphatic rings. The fourth-order valence-electron chi connectivity index (χ4n) is 6.51. The topological polar surface area (TPSA) is 51.3 Å². The van der Waals surface area contributed by atoms with Crippen molar-refractivity contribution in [2.45, 2.75) is 6.17 Å². The highest BCUT2D eigenvalue weighted by Gasteiger charge is 2.21. The van der Waals surface area contributed by atoms with Gasteiger partial charge in [-0.2, -0.15) is 0 Å². The third-order valence-electron chi connectivity index (χ3n) is 9.00. The molecule has 0 amide bonds. The Morgan fingerprint density at radius 3 is 2.09 bits per heavy atom. The lowest BCUT2D eigenvalue weighted by Crippen LogP contribution is -2.25. The maximum absolute atomic E-state index is 12.6. The molecule has 5 heteroatoms. The fraction of sp³-hybridized carbons (Fsp3) is 0.0732. The number of imidazole rings is 1. The van der Waals surface area contributed by atoms with Crippen LogP contribution in [0.1, 0.15) is 22.9 Å². The molecule has 1 unspecified atom stereocenters. The molecule has 1 atom stereocenters. The first kappa shape index (κ1) is 27.6. The minimum atomic E-state index is -0.250. The van der Waals surface area contributed by atoms with Gasteiger partial charge in [0.2, 0.25) is 0 Å². The summed E-state index contributed by atoms with van der Waals surface area (Å²) >= 11 is 0. The minimum Gasteiger partial charge on any atom is -0.360 e. The van der Waals surface area contributed by atoms with Gasteiger partial charge in [0.1, 0.15) is 6.17 Å². The number of aliphatic imine (C=N–C) groups is 1. The predicted octanol–water partition coefficient (Wildman–Crippen LogP) is 8.50. The Balaban J connectivity index is 1.24. The van der Waals surface area contributed by atoms with Crippen LogP contribution in [0.4, 0.5) is 0 Å². The number of hydrogen-bond acceptors (Lipinski definition) is 3. The van der Waals surface area contributed by atoms with E-state index in [0.717, 1.165) is 61.4 Å². The van der Waals surface area contributed by atoms with Gasteiger partial charge in [0.25, 0.3) is 0 Å². The molecule has 0 aliphatic carbocycles. The molecule has 0 saturated heterocycles. The molecule has 0 saturated carbocycles. The van der Waals surface area contributed by atoms with Crippen molar-refractivity contribution in [2.24, 2.45) is 19.1 Å². The zero-order chi connectivity index (χ0) is 31.2. The van der Waals surface area contributed by atoms with Gasteiger partial charge in [0.05, 0.1) is 16.7 Å². The number of nitrogens with one attached hydrogen (secondary N) is 1. The molecule has 8 rings (SSSR count). The molecular weight excluding hydrogens is 564 g/mol. The zero-order valence-electron chi connectivity index (χ0n) is 25.7. The molecule has 0 fully saturated rings. The van der Waals surface area contributed by atoms with Crippen molar-refractivity contribution in [2.75, 3.05) is 0 Å². The average Bonchev–Trinajstić information content (AvgIpc) is 3.34. The average molecular weight is 597 g/mol. The molecule has 1 aliphatic heterocycles. The van der Waals surface area contributed by atoms with Gasteiger partial charge < -0.3 is 5.32 Å². The lowest BCUT2D eigenvalue weighted by Gasteiger charge is -2.26. The molecule has 0 bridgehead atoms. The van der Waals surface area contributed by atoms with Crippen molar-refractivity contribution in [3.05, 3.63) is 173 Å². The summed E-state index contributed by atoms with van der Waals surface area (Å²) in [6.45, 7) is 0. The number of aryl methyl sites for hydroxylation is 2. The summed E-state index contributed by atoms with van der Waals surface area (Å²) in [5.41, 5.74) is 11.4. The maximum Gasteiger partial charge on any atom is 0.328 e. The van der Waals surface area contributed by atoms with Crippen molar-refractivity contribution in [1.29, 1.82) is 0 Å². The lowest BCUT2D eigenvalue weighted by atomic mass is 9.93. The summed E-state index contributed by atoms with van der Waals surface area (Å²) in [5, 5.41) is 6.16. The van der Waals surface area contributed by atoms with Gasteiger partial charge in [-0.3, -0.25) is 14.1 Å². The molecule has 5 nitrogen and oxygen atoms in total. The normalized spacial score (nSPS) is 14.6. The van der Waals surface area contributed by atoms with Crippen LogP contribution in [0.2, 0.25) is 0 Å². The van der Waals surface area contributed by atoms with E-state index in [0.29, 0.717) is 0 Å². The summed E-state index contributed by atoms with van der Waals surface area (Å²) in [6.07, 6.45) is 1.92. The summed E-state index contributed by atoms with van der Waals surface area (Å²) in [6, 6.07) is 48.8. The first-order chi connectivity index (χ1) is 22.5. The van der Waals surface area contributed by atoms with Crippen LogP contribution in [0.3, 0.4) is 0 Å². The fourth-order valence-corrected chi connectivity index (χ4v) is 6.51. The molecule has 6 aromatic carbocycles. The summed E-state index contributed by atoms with van der Waals surface area (Å²) in [7, 11) is 3.63. The van der Waals surface area contributed by atoms with Gasteiger partial charge in [0, 0.05) is 25.4 Å². The third-order valence-corrected chi connectivity index (χ3v) is 9.00. The van der Waals surface area contributed by atoms with Crippen molar-refractivity contribution in [1.82, 2.24) is 14.5 Å². The minimum absolute atomic E-state index is 0.0276. The molecule has 2 heterocycles. The first-order valence-corrected chi connectivity index (χ1v) is 15.5. The molecule has 7 aromatic rings. The SMILES string of the molecule is Cn1c(=O)n(C)c2cc(-c3cccc(C4=CC(c5ccccc5-c5ccc6ccccc6c5)=NC(c5ccccc5)N4)c3)ccc21. The van der Waals surface area contributed by atoms with Gasteiger partial charge in [-0.05, 0) is 74.5 Å². The summed E-state index contributed by atoms with van der Waals surface area (Å²) in [5.74, 6) is 0. The monoisotopic (exact) mass is 596 g/mol. The largest absolute Gasteiger partial charge is 0.360 e. The Hall–Kier alpha value is -5.94. The van der Waals surface area contributed by atoms with E-state index in [4.69, 9.17) is 4.99 Å². The second-order valence-electron chi connectivity index (χ2n) is 11.8. The Morgan fingerprint density at radius 2 is 1.24 bits per heavy atom. The quantitative estimate of drug-likeness (QED) is 0.217. The lowest BCUT2D eigenvalue weighted by molar-refractivity contribution is 0.664. The van der Waals surface area contributed by atoms with E-state index >= 15 is 0 Å². The predicted molar refractivity (Wildman–Crippen MR) is 190 cm³/mol. The van der Waals surface area contributed by atoms with Crippen LogP contribution in [-0.4, -0.2) is 14.8 Å². The summed E-state index contributed by atoms with van der Waals surface area (Å²) < 4.78 is 3.39. The van der Waals surface area contributed by atoms with Crippen LogP contribution >= 0.6 is 0 Å². The highest BCUT2D eigenvalue weighted by molar-refractivity contribution is 6.16. The van der Waals surface area contributed by atoms with E-state index in [1.54, 1.807) is 9.13 Å². The number of rotatable bonds is 5. The highest BCUT2D eigenvalue weighted by atomic mass is 16.1. The van der Waals surface area contributed by atoms with Crippen molar-refractivity contribution in [3.63, 3.8) is 0 Å². The molecule has 1 N–H and O–H groups in total. The standard InChI is InChI=1S/C41H32N4O/c1-44-38-22-21-31(25-39(38)45(2)41(44)46)30-15-10-16-33(24-30)36-26-37(43-40(42-36)28-12-4-3-5-13-28)35-18-9-8-17-34(35)32-20-19-27-11-6-7-14-29(27)23-32/h3-26,40,42H,1-2H3. The van der Waals surface area contributed by atoms with Gasteiger partial charge in [-0.15, -0.1) is 0 Å². The maximum atomic E-state index is 12.6. The van der Waals surface area contributed by atoms with Crippen LogP contribution < -0.4 is 11.0 Å². The van der Waals surface area contributed by atoms with Crippen molar-refractivity contribution < 1.29 is 0 Å². The first-order valence-electron chi connectivity index (χ1n) is 15.5. The molecule has 0 spiro atoms. The Bertz CT molecular complexity index is 2390. The van der Waals surface area contributed by atoms with Crippen LogP contribution in [0.15, 0.2) is 155 Å².